The zero-order chi connectivity index (χ0) is 20.0. The minimum atomic E-state index is 1.00. The third kappa shape index (κ3) is 2.96. The van der Waals surface area contributed by atoms with Crippen LogP contribution in [0.5, 0.6) is 0 Å². The van der Waals surface area contributed by atoms with Crippen LogP contribution in [0.4, 0.5) is 0 Å². The lowest BCUT2D eigenvalue weighted by Crippen LogP contribution is -1.99. The topological polar surface area (TPSA) is 25.8 Å². The Balaban J connectivity index is 1.89. The lowest BCUT2D eigenvalue weighted by molar-refractivity contribution is 1.05. The Morgan fingerprint density at radius 3 is 2.34 bits per heavy atom. The number of pyridine rings is 2. The predicted octanol–water partition coefficient (Wildman–Crippen LogP) is 7.11. The van der Waals surface area contributed by atoms with Crippen LogP contribution < -0.4 is 0 Å². The summed E-state index contributed by atoms with van der Waals surface area (Å²) in [4.78, 5) is 9.98. The zero-order valence-corrected chi connectivity index (χ0v) is 17.2. The van der Waals surface area contributed by atoms with E-state index in [9.17, 15) is 0 Å². The summed E-state index contributed by atoms with van der Waals surface area (Å²) < 4.78 is 0. The fourth-order valence-corrected chi connectivity index (χ4v) is 4.42. The fraction of sp³-hybridized carbons (Fsp3) is 0.185. The van der Waals surface area contributed by atoms with Crippen LogP contribution in [0.15, 0.2) is 66.8 Å². The van der Waals surface area contributed by atoms with Gasteiger partial charge in [0.1, 0.15) is 0 Å². The van der Waals surface area contributed by atoms with Gasteiger partial charge in [-0.3, -0.25) is 9.97 Å². The van der Waals surface area contributed by atoms with E-state index in [0.717, 1.165) is 35.3 Å². The average molecular weight is 377 g/mol. The van der Waals surface area contributed by atoms with Gasteiger partial charge >= 0.3 is 0 Å². The molecule has 2 heterocycles. The first-order valence-corrected chi connectivity index (χ1v) is 10.3. The van der Waals surface area contributed by atoms with Crippen LogP contribution >= 0.6 is 0 Å². The summed E-state index contributed by atoms with van der Waals surface area (Å²) in [6.07, 6.45) is 8.81. The number of hydrogen-bond donors (Lipinski definition) is 0. The lowest BCUT2D eigenvalue weighted by Gasteiger charge is -2.17. The van der Waals surface area contributed by atoms with Crippen molar-refractivity contribution < 1.29 is 0 Å². The van der Waals surface area contributed by atoms with E-state index in [1.54, 1.807) is 0 Å². The highest BCUT2D eigenvalue weighted by Crippen LogP contribution is 2.38. The Hall–Kier alpha value is -3.26. The van der Waals surface area contributed by atoms with Gasteiger partial charge in [-0.2, -0.15) is 0 Å². The Kier molecular flexibility index (Phi) is 4.28. The van der Waals surface area contributed by atoms with Crippen molar-refractivity contribution in [3.8, 4) is 11.1 Å². The van der Waals surface area contributed by atoms with Crippen molar-refractivity contribution in [2.45, 2.75) is 33.6 Å². The highest BCUT2D eigenvalue weighted by atomic mass is 14.8. The number of fused-ring (bicyclic) bond motifs is 3. The van der Waals surface area contributed by atoms with Crippen LogP contribution in [0.1, 0.15) is 35.4 Å². The minimum absolute atomic E-state index is 1.00. The summed E-state index contributed by atoms with van der Waals surface area (Å²) >= 11 is 0. The second kappa shape index (κ2) is 6.97. The van der Waals surface area contributed by atoms with Crippen LogP contribution in [0, 0.1) is 20.8 Å². The van der Waals surface area contributed by atoms with E-state index in [-0.39, 0.29) is 0 Å². The van der Waals surface area contributed by atoms with Gasteiger partial charge in [0.25, 0.3) is 0 Å². The van der Waals surface area contributed by atoms with Gasteiger partial charge < -0.3 is 0 Å². The number of allylic oxidation sites excluding steroid dienone is 4. The van der Waals surface area contributed by atoms with Crippen molar-refractivity contribution in [2.75, 3.05) is 0 Å². The maximum Gasteiger partial charge on any atom is 0.0974 e. The maximum absolute atomic E-state index is 5.02. The fourth-order valence-electron chi connectivity index (χ4n) is 4.42. The van der Waals surface area contributed by atoms with Crippen LogP contribution in [0.3, 0.4) is 0 Å². The normalized spacial score (nSPS) is 13.8. The third-order valence-electron chi connectivity index (χ3n) is 5.97. The van der Waals surface area contributed by atoms with Crippen LogP contribution in [-0.2, 0) is 0 Å². The molecule has 2 aromatic heterocycles. The second-order valence-electron chi connectivity index (χ2n) is 7.89. The van der Waals surface area contributed by atoms with Gasteiger partial charge in [-0.1, -0.05) is 60.7 Å². The SMILES string of the molecule is Cc1cc(C2=CC=CCC2)c2ccc3c(-c4ccccc4)c(C)c(C)nc3c2n1. The molecule has 0 aliphatic heterocycles. The molecule has 0 radical (unpaired) electrons. The Morgan fingerprint density at radius 1 is 0.828 bits per heavy atom. The molecule has 0 atom stereocenters. The van der Waals surface area contributed by atoms with Gasteiger partial charge in [-0.25, -0.2) is 0 Å². The average Bonchev–Trinajstić information content (AvgIpc) is 2.75. The summed E-state index contributed by atoms with van der Waals surface area (Å²) in [6, 6.07) is 17.3. The maximum atomic E-state index is 5.02. The minimum Gasteiger partial charge on any atom is -0.251 e. The molecule has 2 nitrogen and oxygen atoms in total. The summed E-state index contributed by atoms with van der Waals surface area (Å²) in [6.45, 7) is 6.36. The van der Waals surface area contributed by atoms with Gasteiger partial charge in [-0.15, -0.1) is 0 Å². The van der Waals surface area contributed by atoms with Crippen molar-refractivity contribution in [1.82, 2.24) is 9.97 Å². The molecule has 142 valence electrons. The molecular weight excluding hydrogens is 352 g/mol. The van der Waals surface area contributed by atoms with Gasteiger partial charge in [0.2, 0.25) is 0 Å². The number of rotatable bonds is 2. The van der Waals surface area contributed by atoms with E-state index in [1.807, 2.05) is 0 Å². The molecule has 0 spiro atoms. The molecule has 1 aliphatic rings. The van der Waals surface area contributed by atoms with Crippen molar-refractivity contribution in [3.05, 3.63) is 89.3 Å². The molecule has 2 aromatic carbocycles. The summed E-state index contributed by atoms with van der Waals surface area (Å²) in [5.41, 5.74) is 10.5. The van der Waals surface area contributed by atoms with Crippen LogP contribution in [0.25, 0.3) is 38.5 Å². The highest BCUT2D eigenvalue weighted by Gasteiger charge is 2.17. The van der Waals surface area contributed by atoms with Gasteiger partial charge in [0.15, 0.2) is 0 Å². The number of aromatic nitrogens is 2. The quantitative estimate of drug-likeness (QED) is 0.348. The molecule has 0 saturated carbocycles. The van der Waals surface area contributed by atoms with Crippen molar-refractivity contribution >= 4 is 27.4 Å². The van der Waals surface area contributed by atoms with E-state index in [4.69, 9.17) is 9.97 Å². The first-order chi connectivity index (χ1) is 14.1. The van der Waals surface area contributed by atoms with Crippen LogP contribution in [0.2, 0.25) is 0 Å². The molecule has 0 amide bonds. The molecule has 0 unspecified atom stereocenters. The molecule has 1 aliphatic carbocycles. The number of aryl methyl sites for hydroxylation is 2. The Morgan fingerprint density at radius 2 is 1.59 bits per heavy atom. The summed E-state index contributed by atoms with van der Waals surface area (Å²) in [5, 5.41) is 2.37. The van der Waals surface area contributed by atoms with Gasteiger partial charge in [-0.05, 0) is 67.5 Å². The van der Waals surface area contributed by atoms with E-state index in [0.29, 0.717) is 0 Å². The largest absolute Gasteiger partial charge is 0.251 e. The van der Waals surface area contributed by atoms with E-state index in [2.05, 4.69) is 87.5 Å². The Labute approximate surface area is 171 Å². The van der Waals surface area contributed by atoms with E-state index in [1.165, 1.54) is 38.6 Å². The molecule has 0 N–H and O–H groups in total. The molecule has 0 bridgehead atoms. The molecular formula is C27H24N2. The molecule has 0 fully saturated rings. The van der Waals surface area contributed by atoms with Crippen molar-refractivity contribution in [2.24, 2.45) is 0 Å². The molecule has 4 aromatic rings. The molecule has 0 saturated heterocycles. The van der Waals surface area contributed by atoms with E-state index < -0.39 is 0 Å². The summed E-state index contributed by atoms with van der Waals surface area (Å²) in [5.74, 6) is 0. The first kappa shape index (κ1) is 17.8. The Bertz CT molecular complexity index is 1310. The smallest absolute Gasteiger partial charge is 0.0974 e. The van der Waals surface area contributed by atoms with Crippen molar-refractivity contribution in [1.29, 1.82) is 0 Å². The predicted molar refractivity (Wildman–Crippen MR) is 123 cm³/mol. The third-order valence-corrected chi connectivity index (χ3v) is 5.97. The van der Waals surface area contributed by atoms with Crippen molar-refractivity contribution in [3.63, 3.8) is 0 Å². The van der Waals surface area contributed by atoms with E-state index >= 15 is 0 Å². The lowest BCUT2D eigenvalue weighted by atomic mass is 9.91. The van der Waals surface area contributed by atoms with Crippen LogP contribution in [-0.4, -0.2) is 9.97 Å². The summed E-state index contributed by atoms with van der Waals surface area (Å²) in [7, 11) is 0. The molecule has 29 heavy (non-hydrogen) atoms. The molecule has 2 heteroatoms. The number of hydrogen-bond acceptors (Lipinski definition) is 2. The van der Waals surface area contributed by atoms with Gasteiger partial charge in [0, 0.05) is 22.2 Å². The first-order valence-electron chi connectivity index (χ1n) is 10.3. The molecule has 5 rings (SSSR count). The second-order valence-corrected chi connectivity index (χ2v) is 7.89. The highest BCUT2D eigenvalue weighted by molar-refractivity contribution is 6.11. The standard InChI is InChI=1S/C27H24N2/c1-17-16-24(20-10-6-4-7-11-20)22-14-15-23-25(21-12-8-5-9-13-21)18(2)19(3)29-27(23)26(22)28-17/h4-6,8-10,12-16H,7,11H2,1-3H3. The van der Waals surface area contributed by atoms with Gasteiger partial charge in [0.05, 0.1) is 11.0 Å². The number of nitrogens with zero attached hydrogens (tertiary/aromatic N) is 2. The monoisotopic (exact) mass is 376 g/mol. The zero-order valence-electron chi connectivity index (χ0n) is 17.2. The number of benzene rings is 2.